The van der Waals surface area contributed by atoms with Gasteiger partial charge in [-0.05, 0) is 61.5 Å². The maximum absolute atomic E-state index is 14.6. The van der Waals surface area contributed by atoms with Crippen LogP contribution in [0.1, 0.15) is 34.7 Å². The monoisotopic (exact) mass is 479 g/mol. The fourth-order valence-electron chi connectivity index (χ4n) is 4.40. The molecule has 2 aliphatic heterocycles. The second-order valence-electron chi connectivity index (χ2n) is 8.48. The molecule has 35 heavy (non-hydrogen) atoms. The minimum absolute atomic E-state index is 0.0392. The normalized spacial score (nSPS) is 19.2. The van der Waals surface area contributed by atoms with Crippen LogP contribution in [0.4, 0.5) is 4.39 Å². The van der Waals surface area contributed by atoms with Crippen LogP contribution in [0.25, 0.3) is 0 Å². The zero-order valence-electron chi connectivity index (χ0n) is 19.6. The maximum Gasteiger partial charge on any atom is 0.254 e. The third-order valence-electron chi connectivity index (χ3n) is 6.26. The lowest BCUT2D eigenvalue weighted by Crippen LogP contribution is -2.38. The third kappa shape index (κ3) is 6.08. The summed E-state index contributed by atoms with van der Waals surface area (Å²) in [6.45, 7) is 9.75. The average Bonchev–Trinajstić information content (AvgIpc) is 3.35. The van der Waals surface area contributed by atoms with Crippen molar-refractivity contribution in [2.45, 2.75) is 18.8 Å². The van der Waals surface area contributed by atoms with Crippen molar-refractivity contribution in [2.75, 3.05) is 33.0 Å². The number of nitrogens with one attached hydrogen (secondary N) is 2. The topological polar surface area (TPSA) is 81.2 Å². The van der Waals surface area contributed by atoms with Crippen molar-refractivity contribution in [1.82, 2.24) is 10.6 Å². The number of ether oxygens (including phenoxy) is 3. The molecular weight excluding hydrogens is 449 g/mol. The van der Waals surface area contributed by atoms with Crippen LogP contribution in [-0.2, 0) is 0 Å². The molecule has 0 spiro atoms. The summed E-state index contributed by atoms with van der Waals surface area (Å²) < 4.78 is 31.4. The first-order valence-electron chi connectivity index (χ1n) is 11.7. The molecule has 2 aliphatic rings. The number of rotatable bonds is 10. The van der Waals surface area contributed by atoms with Gasteiger partial charge in [-0.15, -0.1) is 0 Å². The molecule has 0 aliphatic carbocycles. The van der Waals surface area contributed by atoms with Crippen molar-refractivity contribution < 1.29 is 23.4 Å². The zero-order chi connectivity index (χ0) is 24.6. The number of aliphatic imine (C=N–C) groups is 1. The highest BCUT2D eigenvalue weighted by molar-refractivity contribution is 5.94. The van der Waals surface area contributed by atoms with Gasteiger partial charge >= 0.3 is 0 Å². The Balaban J connectivity index is 1.42. The van der Waals surface area contributed by atoms with Gasteiger partial charge in [0.15, 0.2) is 11.5 Å². The molecule has 2 N–H and O–H groups in total. The molecule has 2 aromatic carbocycles. The molecule has 0 bridgehead atoms. The molecule has 7 nitrogen and oxygen atoms in total. The number of benzene rings is 2. The van der Waals surface area contributed by atoms with Crippen molar-refractivity contribution in [3.8, 4) is 17.2 Å². The second kappa shape index (κ2) is 11.7. The lowest BCUT2D eigenvalue weighted by molar-refractivity contribution is 0.0950. The van der Waals surface area contributed by atoms with E-state index in [0.29, 0.717) is 42.5 Å². The van der Waals surface area contributed by atoms with E-state index in [1.54, 1.807) is 24.3 Å². The molecule has 1 fully saturated rings. The van der Waals surface area contributed by atoms with Crippen molar-refractivity contribution >= 4 is 12.6 Å². The van der Waals surface area contributed by atoms with Crippen molar-refractivity contribution in [2.24, 2.45) is 10.9 Å². The van der Waals surface area contributed by atoms with Crippen LogP contribution in [0.15, 0.2) is 65.8 Å². The Morgan fingerprint density at radius 1 is 1.26 bits per heavy atom. The van der Waals surface area contributed by atoms with Crippen LogP contribution in [-0.4, -0.2) is 45.7 Å². The van der Waals surface area contributed by atoms with Crippen LogP contribution in [0, 0.1) is 11.7 Å². The van der Waals surface area contributed by atoms with E-state index in [0.717, 1.165) is 25.1 Å². The first-order valence-corrected chi connectivity index (χ1v) is 11.7. The van der Waals surface area contributed by atoms with E-state index in [-0.39, 0.29) is 24.2 Å². The van der Waals surface area contributed by atoms with Gasteiger partial charge in [-0.3, -0.25) is 9.79 Å². The number of nitrogens with zero attached hydrogens (tertiary/aromatic N) is 1. The number of piperidine rings is 1. The highest BCUT2D eigenvalue weighted by Gasteiger charge is 2.28. The quantitative estimate of drug-likeness (QED) is 0.394. The SMILES string of the molecule is C=C/C=C(/CCNC(=O)c1cc([C@@H]2CCNC[C@H]2COc2ccc3c(c2)OCO3)ccc1F)N=C. The minimum atomic E-state index is -0.544. The predicted octanol–water partition coefficient (Wildman–Crippen LogP) is 4.22. The van der Waals surface area contributed by atoms with Gasteiger partial charge < -0.3 is 24.8 Å². The Kier molecular flexibility index (Phi) is 8.15. The van der Waals surface area contributed by atoms with Gasteiger partial charge in [0.1, 0.15) is 11.6 Å². The zero-order valence-corrected chi connectivity index (χ0v) is 19.6. The fraction of sp³-hybridized carbons (Fsp3) is 0.333. The van der Waals surface area contributed by atoms with E-state index < -0.39 is 11.7 Å². The number of allylic oxidation sites excluding steroid dienone is 2. The molecule has 1 saturated heterocycles. The second-order valence-corrected chi connectivity index (χ2v) is 8.48. The molecule has 0 saturated carbocycles. The van der Waals surface area contributed by atoms with Gasteiger partial charge in [-0.2, -0.15) is 0 Å². The summed E-state index contributed by atoms with van der Waals surface area (Å²) in [5.74, 6) is 1.37. The van der Waals surface area contributed by atoms with Gasteiger partial charge in [-0.25, -0.2) is 4.39 Å². The van der Waals surface area contributed by atoms with Crippen LogP contribution < -0.4 is 24.8 Å². The molecule has 2 atom stereocenters. The molecule has 0 unspecified atom stereocenters. The fourth-order valence-corrected chi connectivity index (χ4v) is 4.40. The Labute approximate surface area is 204 Å². The molecule has 2 aromatic rings. The molecular formula is C27H30FN3O4. The summed E-state index contributed by atoms with van der Waals surface area (Å²) in [7, 11) is 0. The number of fused-ring (bicyclic) bond motifs is 1. The van der Waals surface area contributed by atoms with Gasteiger partial charge in [0, 0.05) is 37.2 Å². The largest absolute Gasteiger partial charge is 0.493 e. The summed E-state index contributed by atoms with van der Waals surface area (Å²) in [5.41, 5.74) is 1.67. The molecule has 8 heteroatoms. The number of hydrogen-bond acceptors (Lipinski definition) is 6. The van der Waals surface area contributed by atoms with Crippen molar-refractivity contribution in [1.29, 1.82) is 0 Å². The Bertz CT molecular complexity index is 1120. The highest BCUT2D eigenvalue weighted by Crippen LogP contribution is 2.36. The van der Waals surface area contributed by atoms with Crippen LogP contribution in [0.2, 0.25) is 0 Å². The average molecular weight is 480 g/mol. The Morgan fingerprint density at radius 3 is 2.94 bits per heavy atom. The Hall–Kier alpha value is -3.65. The first kappa shape index (κ1) is 24.5. The third-order valence-corrected chi connectivity index (χ3v) is 6.26. The molecule has 4 rings (SSSR count). The molecule has 1 amide bonds. The first-order chi connectivity index (χ1) is 17.1. The number of hydrogen-bond donors (Lipinski definition) is 2. The minimum Gasteiger partial charge on any atom is -0.493 e. The molecule has 184 valence electrons. The van der Waals surface area contributed by atoms with Gasteiger partial charge in [0.05, 0.1) is 12.2 Å². The lowest BCUT2D eigenvalue weighted by Gasteiger charge is -2.32. The van der Waals surface area contributed by atoms with Gasteiger partial charge in [0.2, 0.25) is 6.79 Å². The van der Waals surface area contributed by atoms with Crippen LogP contribution in [0.5, 0.6) is 17.2 Å². The number of amides is 1. The van der Waals surface area contributed by atoms with Crippen molar-refractivity contribution in [3.05, 3.63) is 77.8 Å². The Morgan fingerprint density at radius 2 is 2.11 bits per heavy atom. The lowest BCUT2D eigenvalue weighted by atomic mass is 9.81. The summed E-state index contributed by atoms with van der Waals surface area (Å²) in [4.78, 5) is 16.6. The molecule has 0 aromatic heterocycles. The van der Waals surface area contributed by atoms with E-state index in [1.165, 1.54) is 6.07 Å². The highest BCUT2D eigenvalue weighted by atomic mass is 19.1. The number of carbonyl (C=O) groups excluding carboxylic acids is 1. The maximum atomic E-state index is 14.6. The van der Waals surface area contributed by atoms with E-state index in [1.807, 2.05) is 18.2 Å². The molecule has 2 heterocycles. The van der Waals surface area contributed by atoms with E-state index in [9.17, 15) is 9.18 Å². The standard InChI is InChI=1S/C27H30FN3O4/c1-3-4-20(29-2)9-12-31-27(32)23-13-18(5-7-24(23)28)22-10-11-30-15-19(22)16-33-21-6-8-25-26(14-21)35-17-34-25/h3-8,13-14,19,22,30H,1-2,9-12,15-17H2,(H,31,32)/b20-4-/t19-,22-/m0/s1. The predicted molar refractivity (Wildman–Crippen MR) is 133 cm³/mol. The summed E-state index contributed by atoms with van der Waals surface area (Å²) >= 11 is 0. The summed E-state index contributed by atoms with van der Waals surface area (Å²) in [6.07, 6.45) is 4.68. The van der Waals surface area contributed by atoms with E-state index in [4.69, 9.17) is 14.2 Å². The van der Waals surface area contributed by atoms with Crippen LogP contribution >= 0.6 is 0 Å². The summed E-state index contributed by atoms with van der Waals surface area (Å²) in [5, 5.41) is 6.18. The summed E-state index contributed by atoms with van der Waals surface area (Å²) in [6, 6.07) is 10.3. The van der Waals surface area contributed by atoms with Crippen LogP contribution in [0.3, 0.4) is 0 Å². The number of carbonyl (C=O) groups is 1. The van der Waals surface area contributed by atoms with Gasteiger partial charge in [-0.1, -0.05) is 18.7 Å². The molecule has 0 radical (unpaired) electrons. The van der Waals surface area contributed by atoms with E-state index in [2.05, 4.69) is 28.9 Å². The smallest absolute Gasteiger partial charge is 0.254 e. The van der Waals surface area contributed by atoms with Gasteiger partial charge in [0.25, 0.3) is 5.91 Å². The number of halogens is 1. The van der Waals surface area contributed by atoms with Crippen molar-refractivity contribution in [3.63, 3.8) is 0 Å². The van der Waals surface area contributed by atoms with E-state index >= 15 is 0 Å².